The quantitative estimate of drug-likeness (QED) is 0.788. The molecular weight excluding hydrogens is 238 g/mol. The van der Waals surface area contributed by atoms with Gasteiger partial charge in [-0.2, -0.15) is 0 Å². The van der Waals surface area contributed by atoms with Gasteiger partial charge in [0.05, 0.1) is 6.33 Å². The van der Waals surface area contributed by atoms with Gasteiger partial charge in [-0.1, -0.05) is 12.1 Å². The standard InChI is InChI=1S/C15H15N3O/c1-2-12-8-15(19)18(10-12)14-5-3-4-13(9-14)17-7-6-16-11-17/h2-7,9,11-12H,1,8,10H2. The summed E-state index contributed by atoms with van der Waals surface area (Å²) in [5.74, 6) is 0.414. The van der Waals surface area contributed by atoms with Crippen molar-refractivity contribution < 1.29 is 4.79 Å². The highest BCUT2D eigenvalue weighted by molar-refractivity contribution is 5.96. The largest absolute Gasteiger partial charge is 0.312 e. The second-order valence-corrected chi connectivity index (χ2v) is 4.69. The minimum absolute atomic E-state index is 0.160. The Morgan fingerprint density at radius 2 is 2.21 bits per heavy atom. The molecule has 19 heavy (non-hydrogen) atoms. The average molecular weight is 253 g/mol. The Kier molecular flexibility index (Phi) is 2.91. The SMILES string of the molecule is C=CC1CC(=O)N(c2cccc(-n3ccnc3)c2)C1. The monoisotopic (exact) mass is 253 g/mol. The number of rotatable bonds is 3. The van der Waals surface area contributed by atoms with Crippen LogP contribution in [-0.4, -0.2) is 22.0 Å². The van der Waals surface area contributed by atoms with Gasteiger partial charge in [0.1, 0.15) is 0 Å². The molecular formula is C15H15N3O. The molecule has 0 saturated carbocycles. The van der Waals surface area contributed by atoms with Crippen molar-refractivity contribution in [3.63, 3.8) is 0 Å². The van der Waals surface area contributed by atoms with E-state index in [9.17, 15) is 4.79 Å². The lowest BCUT2D eigenvalue weighted by Gasteiger charge is -2.17. The topological polar surface area (TPSA) is 38.1 Å². The molecule has 0 bridgehead atoms. The van der Waals surface area contributed by atoms with Crippen molar-refractivity contribution in [2.24, 2.45) is 5.92 Å². The lowest BCUT2D eigenvalue weighted by Crippen LogP contribution is -2.24. The maximum atomic E-state index is 12.0. The van der Waals surface area contributed by atoms with Crippen molar-refractivity contribution in [1.29, 1.82) is 0 Å². The molecule has 1 aliphatic rings. The van der Waals surface area contributed by atoms with Gasteiger partial charge in [0.2, 0.25) is 5.91 Å². The van der Waals surface area contributed by atoms with Gasteiger partial charge in [-0.15, -0.1) is 6.58 Å². The van der Waals surface area contributed by atoms with Crippen LogP contribution in [0.5, 0.6) is 0 Å². The summed E-state index contributed by atoms with van der Waals surface area (Å²) in [5.41, 5.74) is 1.94. The van der Waals surface area contributed by atoms with E-state index in [1.54, 1.807) is 12.5 Å². The molecule has 1 atom stereocenters. The van der Waals surface area contributed by atoms with Crippen molar-refractivity contribution in [3.8, 4) is 5.69 Å². The third-order valence-electron chi connectivity index (χ3n) is 3.43. The number of aromatic nitrogens is 2. The summed E-state index contributed by atoms with van der Waals surface area (Å²) in [5, 5.41) is 0. The highest BCUT2D eigenvalue weighted by Crippen LogP contribution is 2.27. The van der Waals surface area contributed by atoms with Crippen LogP contribution >= 0.6 is 0 Å². The van der Waals surface area contributed by atoms with Crippen LogP contribution in [0, 0.1) is 5.92 Å². The zero-order valence-corrected chi connectivity index (χ0v) is 10.6. The van der Waals surface area contributed by atoms with Crippen LogP contribution < -0.4 is 4.90 Å². The predicted octanol–water partition coefficient (Wildman–Crippen LogP) is 2.41. The predicted molar refractivity (Wildman–Crippen MR) is 74.2 cm³/mol. The zero-order valence-electron chi connectivity index (χ0n) is 10.6. The molecule has 1 aromatic heterocycles. The fourth-order valence-corrected chi connectivity index (χ4v) is 2.38. The van der Waals surface area contributed by atoms with Crippen LogP contribution in [0.15, 0.2) is 55.6 Å². The van der Waals surface area contributed by atoms with Crippen LogP contribution in [0.1, 0.15) is 6.42 Å². The molecule has 0 N–H and O–H groups in total. The Balaban J connectivity index is 1.92. The van der Waals surface area contributed by atoms with Crippen molar-refractivity contribution in [2.75, 3.05) is 11.4 Å². The maximum Gasteiger partial charge on any atom is 0.227 e. The molecule has 1 unspecified atom stereocenters. The van der Waals surface area contributed by atoms with E-state index in [0.717, 1.165) is 17.9 Å². The fraction of sp³-hybridized carbons (Fsp3) is 0.200. The summed E-state index contributed by atoms with van der Waals surface area (Å²) in [6.07, 6.45) is 7.78. The van der Waals surface area contributed by atoms with Gasteiger partial charge in [0.25, 0.3) is 0 Å². The van der Waals surface area contributed by atoms with E-state index in [-0.39, 0.29) is 11.8 Å². The minimum Gasteiger partial charge on any atom is -0.312 e. The second kappa shape index (κ2) is 4.72. The Bertz CT molecular complexity index is 604. The van der Waals surface area contributed by atoms with E-state index in [1.165, 1.54) is 0 Å². The number of anilines is 1. The third-order valence-corrected chi connectivity index (χ3v) is 3.43. The first-order valence-corrected chi connectivity index (χ1v) is 6.29. The first kappa shape index (κ1) is 11.7. The molecule has 4 nitrogen and oxygen atoms in total. The van der Waals surface area contributed by atoms with Crippen LogP contribution in [0.25, 0.3) is 5.69 Å². The van der Waals surface area contributed by atoms with Crippen molar-refractivity contribution in [1.82, 2.24) is 9.55 Å². The molecule has 96 valence electrons. The highest BCUT2D eigenvalue weighted by atomic mass is 16.2. The smallest absolute Gasteiger partial charge is 0.227 e. The van der Waals surface area contributed by atoms with E-state index in [4.69, 9.17) is 0 Å². The Morgan fingerprint density at radius 3 is 2.89 bits per heavy atom. The summed E-state index contributed by atoms with van der Waals surface area (Å²) in [4.78, 5) is 17.9. The van der Waals surface area contributed by atoms with E-state index < -0.39 is 0 Å². The summed E-state index contributed by atoms with van der Waals surface area (Å²) in [6, 6.07) is 7.92. The molecule has 0 aliphatic carbocycles. The number of amides is 1. The molecule has 1 amide bonds. The van der Waals surface area contributed by atoms with Crippen LogP contribution in [0.4, 0.5) is 5.69 Å². The van der Waals surface area contributed by atoms with E-state index in [2.05, 4.69) is 11.6 Å². The number of hydrogen-bond donors (Lipinski definition) is 0. The molecule has 2 aromatic rings. The van der Waals surface area contributed by atoms with Crippen LogP contribution in [0.2, 0.25) is 0 Å². The molecule has 1 aliphatic heterocycles. The van der Waals surface area contributed by atoms with Crippen molar-refractivity contribution in [2.45, 2.75) is 6.42 Å². The van der Waals surface area contributed by atoms with E-state index in [1.807, 2.05) is 46.0 Å². The zero-order chi connectivity index (χ0) is 13.2. The number of carbonyl (C=O) groups is 1. The van der Waals surface area contributed by atoms with Gasteiger partial charge in [0.15, 0.2) is 0 Å². The number of carbonyl (C=O) groups excluding carboxylic acids is 1. The highest BCUT2D eigenvalue weighted by Gasteiger charge is 2.28. The molecule has 0 radical (unpaired) electrons. The fourth-order valence-electron chi connectivity index (χ4n) is 2.38. The molecule has 2 heterocycles. The van der Waals surface area contributed by atoms with Gasteiger partial charge in [-0.25, -0.2) is 4.98 Å². The van der Waals surface area contributed by atoms with Gasteiger partial charge in [-0.3, -0.25) is 4.79 Å². The number of hydrogen-bond acceptors (Lipinski definition) is 2. The van der Waals surface area contributed by atoms with Crippen LogP contribution in [-0.2, 0) is 4.79 Å². The van der Waals surface area contributed by atoms with Crippen molar-refractivity contribution >= 4 is 11.6 Å². The molecule has 0 spiro atoms. The summed E-state index contributed by atoms with van der Waals surface area (Å²) in [6.45, 7) is 4.49. The maximum absolute atomic E-state index is 12.0. The summed E-state index contributed by atoms with van der Waals surface area (Å²) in [7, 11) is 0. The molecule has 1 saturated heterocycles. The molecule has 1 aromatic carbocycles. The lowest BCUT2D eigenvalue weighted by atomic mass is 10.1. The van der Waals surface area contributed by atoms with Gasteiger partial charge < -0.3 is 9.47 Å². The normalized spacial score (nSPS) is 18.8. The summed E-state index contributed by atoms with van der Waals surface area (Å²) >= 11 is 0. The van der Waals surface area contributed by atoms with E-state index in [0.29, 0.717) is 6.42 Å². The van der Waals surface area contributed by atoms with Crippen molar-refractivity contribution in [3.05, 3.63) is 55.6 Å². The number of benzene rings is 1. The Hall–Kier alpha value is -2.36. The van der Waals surface area contributed by atoms with Gasteiger partial charge >= 0.3 is 0 Å². The first-order valence-electron chi connectivity index (χ1n) is 6.29. The molecule has 3 rings (SSSR count). The average Bonchev–Trinajstić information content (AvgIpc) is 3.08. The van der Waals surface area contributed by atoms with Gasteiger partial charge in [-0.05, 0) is 18.2 Å². The Morgan fingerprint density at radius 1 is 1.37 bits per heavy atom. The first-order chi connectivity index (χ1) is 9.28. The van der Waals surface area contributed by atoms with Crippen LogP contribution in [0.3, 0.4) is 0 Å². The second-order valence-electron chi connectivity index (χ2n) is 4.69. The van der Waals surface area contributed by atoms with Gasteiger partial charge in [0, 0.05) is 42.7 Å². The number of nitrogens with zero attached hydrogens (tertiary/aromatic N) is 3. The minimum atomic E-state index is 0.160. The Labute approximate surface area is 112 Å². The molecule has 1 fully saturated rings. The number of imidazole rings is 1. The lowest BCUT2D eigenvalue weighted by molar-refractivity contribution is -0.117. The molecule has 4 heteroatoms. The summed E-state index contributed by atoms with van der Waals surface area (Å²) < 4.78 is 1.93. The van der Waals surface area contributed by atoms with E-state index >= 15 is 0 Å². The third kappa shape index (κ3) is 2.17.